The smallest absolute Gasteiger partial charge is 0.410 e. The van der Waals surface area contributed by atoms with Crippen LogP contribution in [0.15, 0.2) is 0 Å². The number of likely N-dealkylation sites (tertiary alicyclic amines) is 1. The lowest BCUT2D eigenvalue weighted by atomic mass is 9.86. The maximum absolute atomic E-state index is 12.0. The van der Waals surface area contributed by atoms with Gasteiger partial charge >= 0.3 is 6.09 Å². The molecule has 0 aromatic rings. The van der Waals surface area contributed by atoms with E-state index in [2.05, 4.69) is 0 Å². The number of nitrogens with zero attached hydrogens (tertiary/aromatic N) is 1. The van der Waals surface area contributed by atoms with Gasteiger partial charge < -0.3 is 14.7 Å². The number of carbonyl (C=O) groups is 2. The number of ketones is 1. The molecule has 110 valence electrons. The first-order valence-electron chi connectivity index (χ1n) is 6.80. The van der Waals surface area contributed by atoms with Gasteiger partial charge in [-0.15, -0.1) is 0 Å². The van der Waals surface area contributed by atoms with Gasteiger partial charge in [-0.25, -0.2) is 4.79 Å². The number of hydrogen-bond acceptors (Lipinski definition) is 4. The van der Waals surface area contributed by atoms with Gasteiger partial charge in [0.15, 0.2) is 0 Å². The van der Waals surface area contributed by atoms with Crippen LogP contribution in [0.3, 0.4) is 0 Å². The second kappa shape index (κ2) is 5.90. The molecule has 1 amide bonds. The molecule has 1 rings (SSSR count). The van der Waals surface area contributed by atoms with Crippen LogP contribution in [0.4, 0.5) is 4.79 Å². The Morgan fingerprint density at radius 1 is 1.42 bits per heavy atom. The molecule has 0 aliphatic carbocycles. The molecule has 19 heavy (non-hydrogen) atoms. The molecule has 1 aliphatic heterocycles. The molecule has 2 atom stereocenters. The standard InChI is InChI=1S/C14H25NO4/c1-9(2)12(17)10-8-15(7-6-11(10)16)13(18)19-14(3,4)5/h9-10,12,17H,6-8H2,1-5H3/t10?,12-/m0/s1. The van der Waals surface area contributed by atoms with Crippen molar-refractivity contribution in [3.05, 3.63) is 0 Å². The SMILES string of the molecule is CC(C)[C@H](O)C1CN(C(=O)OC(C)(C)C)CCC1=O. The fourth-order valence-corrected chi connectivity index (χ4v) is 2.12. The molecule has 1 aliphatic rings. The van der Waals surface area contributed by atoms with E-state index in [4.69, 9.17) is 4.74 Å². The molecule has 1 unspecified atom stereocenters. The quantitative estimate of drug-likeness (QED) is 0.832. The molecule has 5 heteroatoms. The lowest BCUT2D eigenvalue weighted by Crippen LogP contribution is -2.50. The summed E-state index contributed by atoms with van der Waals surface area (Å²) in [6.07, 6.45) is -0.841. The Labute approximate surface area is 114 Å². The van der Waals surface area contributed by atoms with Crippen LogP contribution in [-0.2, 0) is 9.53 Å². The third-order valence-electron chi connectivity index (χ3n) is 3.21. The van der Waals surface area contributed by atoms with Gasteiger partial charge in [0.2, 0.25) is 0 Å². The summed E-state index contributed by atoms with van der Waals surface area (Å²) in [5, 5.41) is 10.1. The van der Waals surface area contributed by atoms with E-state index in [1.807, 2.05) is 13.8 Å². The molecule has 1 heterocycles. The summed E-state index contributed by atoms with van der Waals surface area (Å²) >= 11 is 0. The maximum Gasteiger partial charge on any atom is 0.410 e. The number of Topliss-reactive ketones (excluding diaryl/α,β-unsaturated/α-hetero) is 1. The molecule has 0 aromatic heterocycles. The third kappa shape index (κ3) is 4.49. The number of hydrogen-bond donors (Lipinski definition) is 1. The molecule has 5 nitrogen and oxygen atoms in total. The summed E-state index contributed by atoms with van der Waals surface area (Å²) in [7, 11) is 0. The van der Waals surface area contributed by atoms with Gasteiger partial charge in [0, 0.05) is 19.5 Å². The third-order valence-corrected chi connectivity index (χ3v) is 3.21. The fraction of sp³-hybridized carbons (Fsp3) is 0.857. The highest BCUT2D eigenvalue weighted by molar-refractivity contribution is 5.84. The summed E-state index contributed by atoms with van der Waals surface area (Å²) < 4.78 is 5.30. The molecule has 0 aromatic carbocycles. The van der Waals surface area contributed by atoms with Crippen LogP contribution in [0.1, 0.15) is 41.0 Å². The van der Waals surface area contributed by atoms with Gasteiger partial charge in [0.1, 0.15) is 11.4 Å². The zero-order valence-corrected chi connectivity index (χ0v) is 12.5. The Morgan fingerprint density at radius 3 is 2.47 bits per heavy atom. The van der Waals surface area contributed by atoms with Crippen LogP contribution in [-0.4, -0.2) is 46.7 Å². The first-order valence-corrected chi connectivity index (χ1v) is 6.80. The van der Waals surface area contributed by atoms with Crippen molar-refractivity contribution in [2.24, 2.45) is 11.8 Å². The predicted molar refractivity (Wildman–Crippen MR) is 71.8 cm³/mol. The van der Waals surface area contributed by atoms with Gasteiger partial charge in [0.25, 0.3) is 0 Å². The lowest BCUT2D eigenvalue weighted by molar-refractivity contribution is -0.131. The summed E-state index contributed by atoms with van der Waals surface area (Å²) in [5.74, 6) is -0.477. The highest BCUT2D eigenvalue weighted by atomic mass is 16.6. The van der Waals surface area contributed by atoms with Crippen LogP contribution in [0.2, 0.25) is 0 Å². The van der Waals surface area contributed by atoms with Crippen molar-refractivity contribution in [1.29, 1.82) is 0 Å². The average molecular weight is 271 g/mol. The van der Waals surface area contributed by atoms with E-state index >= 15 is 0 Å². The van der Waals surface area contributed by atoms with E-state index in [0.717, 1.165) is 0 Å². The van der Waals surface area contributed by atoms with Crippen molar-refractivity contribution < 1.29 is 19.4 Å². The second-order valence-corrected chi connectivity index (χ2v) is 6.48. The molecule has 0 spiro atoms. The van der Waals surface area contributed by atoms with E-state index in [1.54, 1.807) is 20.8 Å². The minimum atomic E-state index is -0.710. The molecule has 0 radical (unpaired) electrons. The Hall–Kier alpha value is -1.10. The normalized spacial score (nSPS) is 22.6. The van der Waals surface area contributed by atoms with Crippen LogP contribution in [0.5, 0.6) is 0 Å². The van der Waals surface area contributed by atoms with Crippen molar-refractivity contribution in [2.45, 2.75) is 52.7 Å². The van der Waals surface area contributed by atoms with Gasteiger partial charge in [-0.05, 0) is 26.7 Å². The summed E-state index contributed by atoms with van der Waals surface area (Å²) in [6, 6.07) is 0. The topological polar surface area (TPSA) is 66.8 Å². The molecular formula is C14H25NO4. The van der Waals surface area contributed by atoms with Gasteiger partial charge in [-0.3, -0.25) is 4.79 Å². The van der Waals surface area contributed by atoms with Crippen molar-refractivity contribution in [3.63, 3.8) is 0 Å². The molecule has 0 saturated carbocycles. The zero-order chi connectivity index (χ0) is 14.8. The molecule has 0 bridgehead atoms. The number of rotatable bonds is 2. The van der Waals surface area contributed by atoms with Crippen molar-refractivity contribution in [3.8, 4) is 0 Å². The van der Waals surface area contributed by atoms with Gasteiger partial charge in [0.05, 0.1) is 12.0 Å². The number of piperidine rings is 1. The average Bonchev–Trinajstić information content (AvgIpc) is 2.26. The maximum atomic E-state index is 12.0. The van der Waals surface area contributed by atoms with Crippen LogP contribution < -0.4 is 0 Å². The molecule has 1 saturated heterocycles. The zero-order valence-electron chi connectivity index (χ0n) is 12.5. The number of aliphatic hydroxyl groups excluding tert-OH is 1. The predicted octanol–water partition coefficient (Wildman–Crippen LogP) is 1.83. The van der Waals surface area contributed by atoms with E-state index in [9.17, 15) is 14.7 Å². The van der Waals surface area contributed by atoms with Crippen molar-refractivity contribution in [2.75, 3.05) is 13.1 Å². The Kier molecular flexibility index (Phi) is 4.96. The minimum Gasteiger partial charge on any atom is -0.444 e. The van der Waals surface area contributed by atoms with Gasteiger partial charge in [-0.2, -0.15) is 0 Å². The monoisotopic (exact) mass is 271 g/mol. The molecule has 1 fully saturated rings. The molecular weight excluding hydrogens is 246 g/mol. The van der Waals surface area contributed by atoms with E-state index in [-0.39, 0.29) is 24.7 Å². The van der Waals surface area contributed by atoms with Gasteiger partial charge in [-0.1, -0.05) is 13.8 Å². The van der Waals surface area contributed by atoms with E-state index in [1.165, 1.54) is 4.90 Å². The first-order chi connectivity index (χ1) is 8.61. The number of amides is 1. The minimum absolute atomic E-state index is 0.00691. The number of aliphatic hydroxyl groups is 1. The largest absolute Gasteiger partial charge is 0.444 e. The first kappa shape index (κ1) is 16.0. The Morgan fingerprint density at radius 2 is 2.00 bits per heavy atom. The highest BCUT2D eigenvalue weighted by Crippen LogP contribution is 2.22. The van der Waals surface area contributed by atoms with E-state index in [0.29, 0.717) is 6.54 Å². The number of ether oxygens (including phenoxy) is 1. The van der Waals surface area contributed by atoms with Crippen LogP contribution >= 0.6 is 0 Å². The van der Waals surface area contributed by atoms with Crippen LogP contribution in [0.25, 0.3) is 0 Å². The summed E-state index contributed by atoms with van der Waals surface area (Å²) in [6.45, 7) is 9.76. The second-order valence-electron chi connectivity index (χ2n) is 6.48. The number of carbonyl (C=O) groups excluding carboxylic acids is 2. The lowest BCUT2D eigenvalue weighted by Gasteiger charge is -2.36. The van der Waals surface area contributed by atoms with Crippen molar-refractivity contribution in [1.82, 2.24) is 4.90 Å². The van der Waals surface area contributed by atoms with E-state index < -0.39 is 23.7 Å². The van der Waals surface area contributed by atoms with Crippen molar-refractivity contribution >= 4 is 11.9 Å². The summed E-state index contributed by atoms with van der Waals surface area (Å²) in [5.41, 5.74) is -0.551. The molecule has 1 N–H and O–H groups in total. The highest BCUT2D eigenvalue weighted by Gasteiger charge is 2.37. The Bertz CT molecular complexity index is 346. The summed E-state index contributed by atoms with van der Waals surface area (Å²) in [4.78, 5) is 25.3. The Balaban J connectivity index is 2.69. The van der Waals surface area contributed by atoms with Crippen LogP contribution in [0, 0.1) is 11.8 Å². The fourth-order valence-electron chi connectivity index (χ4n) is 2.12.